The summed E-state index contributed by atoms with van der Waals surface area (Å²) in [5.41, 5.74) is 6.90. The molecule has 0 spiro atoms. The van der Waals surface area contributed by atoms with Gasteiger partial charge in [0, 0.05) is 16.0 Å². The quantitative estimate of drug-likeness (QED) is 0.856. The summed E-state index contributed by atoms with van der Waals surface area (Å²) in [6.45, 7) is 4.16. The van der Waals surface area contributed by atoms with Crippen LogP contribution in [0.5, 0.6) is 0 Å². The highest BCUT2D eigenvalue weighted by atomic mass is 32.1. The van der Waals surface area contributed by atoms with Crippen molar-refractivity contribution in [2.75, 3.05) is 11.1 Å². The van der Waals surface area contributed by atoms with Crippen molar-refractivity contribution in [2.45, 2.75) is 45.3 Å². The maximum Gasteiger partial charge on any atom is 0.421 e. The van der Waals surface area contributed by atoms with Crippen LogP contribution in [0, 0.1) is 13.8 Å². The number of hydrogen-bond donors (Lipinski definition) is 2. The molecule has 0 aromatic carbocycles. The van der Waals surface area contributed by atoms with E-state index >= 15 is 0 Å². The third kappa shape index (κ3) is 2.99. The molecule has 1 unspecified atom stereocenters. The summed E-state index contributed by atoms with van der Waals surface area (Å²) in [6, 6.07) is 0.0137. The van der Waals surface area contributed by atoms with Gasteiger partial charge in [0.25, 0.3) is 0 Å². The number of nitrogens with zero attached hydrogens (tertiary/aromatic N) is 2. The zero-order valence-corrected chi connectivity index (χ0v) is 13.6. The summed E-state index contributed by atoms with van der Waals surface area (Å²) < 4.78 is 38.1. The maximum atomic E-state index is 12.7. The van der Waals surface area contributed by atoms with Gasteiger partial charge in [-0.2, -0.15) is 18.2 Å². The molecule has 3 rings (SSSR count). The highest BCUT2D eigenvalue weighted by molar-refractivity contribution is 7.12. The molecule has 0 amide bonds. The Bertz CT molecular complexity index is 739. The third-order valence-electron chi connectivity index (χ3n) is 4.18. The number of nitrogen functional groups attached to an aromatic ring is 1. The molecule has 4 nitrogen and oxygen atoms in total. The number of hydrogen-bond acceptors (Lipinski definition) is 5. The average Bonchev–Trinajstić information content (AvgIpc) is 2.74. The molecule has 0 radical (unpaired) electrons. The third-order valence-corrected chi connectivity index (χ3v) is 5.46. The zero-order chi connectivity index (χ0) is 16.8. The standard InChI is InChI=1S/C15H17F3N4S/c1-7-8(2)23-11-5-3-4-10(12(7)11)21-14-20-6-9(13(19)22-14)15(16,17)18/h6,10H,3-5H2,1-2H3,(H3,19,20,21,22). The summed E-state index contributed by atoms with van der Waals surface area (Å²) in [5, 5.41) is 3.15. The Balaban J connectivity index is 1.88. The van der Waals surface area contributed by atoms with Gasteiger partial charge in [-0.3, -0.25) is 0 Å². The van der Waals surface area contributed by atoms with Gasteiger partial charge in [-0.15, -0.1) is 11.3 Å². The second-order valence-corrected chi connectivity index (χ2v) is 7.01. The molecule has 1 aliphatic rings. The lowest BCUT2D eigenvalue weighted by molar-refractivity contribution is -0.137. The molecule has 3 N–H and O–H groups in total. The number of rotatable bonds is 2. The van der Waals surface area contributed by atoms with Crippen molar-refractivity contribution < 1.29 is 13.2 Å². The summed E-state index contributed by atoms with van der Waals surface area (Å²) in [5.74, 6) is -0.416. The Kier molecular flexibility index (Phi) is 3.95. The van der Waals surface area contributed by atoms with Crippen molar-refractivity contribution in [1.82, 2.24) is 9.97 Å². The molecule has 0 aliphatic heterocycles. The predicted molar refractivity (Wildman–Crippen MR) is 84.5 cm³/mol. The van der Waals surface area contributed by atoms with Gasteiger partial charge in [-0.05, 0) is 44.2 Å². The number of alkyl halides is 3. The first-order chi connectivity index (χ1) is 10.8. The predicted octanol–water partition coefficient (Wildman–Crippen LogP) is 4.25. The summed E-state index contributed by atoms with van der Waals surface area (Å²) in [7, 11) is 0. The Morgan fingerprint density at radius 2 is 2.09 bits per heavy atom. The number of anilines is 2. The summed E-state index contributed by atoms with van der Waals surface area (Å²) >= 11 is 1.79. The SMILES string of the molecule is Cc1sc2c(c1C)C(Nc1ncc(C(F)(F)F)c(N)n1)CCC2. The normalized spacial score (nSPS) is 17.9. The number of nitrogens with two attached hydrogens (primary N) is 1. The Labute approximate surface area is 136 Å². The molecule has 8 heteroatoms. The Morgan fingerprint density at radius 3 is 2.74 bits per heavy atom. The minimum atomic E-state index is -4.54. The van der Waals surface area contributed by atoms with E-state index < -0.39 is 17.6 Å². The van der Waals surface area contributed by atoms with Crippen LogP contribution in [0.25, 0.3) is 0 Å². The molecule has 0 fully saturated rings. The van der Waals surface area contributed by atoms with E-state index in [1.807, 2.05) is 0 Å². The first kappa shape index (κ1) is 16.0. The fourth-order valence-corrected chi connectivity index (χ4v) is 4.24. The molecule has 2 aromatic rings. The number of fused-ring (bicyclic) bond motifs is 1. The van der Waals surface area contributed by atoms with Crippen LogP contribution in [0.4, 0.5) is 24.9 Å². The monoisotopic (exact) mass is 342 g/mol. The van der Waals surface area contributed by atoms with E-state index in [0.29, 0.717) is 0 Å². The lowest BCUT2D eigenvalue weighted by atomic mass is 9.91. The lowest BCUT2D eigenvalue weighted by Crippen LogP contribution is -2.19. The van der Waals surface area contributed by atoms with Crippen LogP contribution in [0.3, 0.4) is 0 Å². The van der Waals surface area contributed by atoms with Crippen LogP contribution in [-0.4, -0.2) is 9.97 Å². The van der Waals surface area contributed by atoms with Crippen LogP contribution >= 0.6 is 11.3 Å². The van der Waals surface area contributed by atoms with E-state index in [1.165, 1.54) is 20.9 Å². The van der Waals surface area contributed by atoms with Gasteiger partial charge in [-0.25, -0.2) is 4.98 Å². The van der Waals surface area contributed by atoms with Crippen LogP contribution in [0.2, 0.25) is 0 Å². The van der Waals surface area contributed by atoms with E-state index in [2.05, 4.69) is 29.1 Å². The highest BCUT2D eigenvalue weighted by Crippen LogP contribution is 2.40. The molecule has 1 atom stereocenters. The first-order valence-electron chi connectivity index (χ1n) is 7.32. The van der Waals surface area contributed by atoms with Crippen molar-refractivity contribution in [1.29, 1.82) is 0 Å². The molecule has 23 heavy (non-hydrogen) atoms. The average molecular weight is 342 g/mol. The minimum absolute atomic E-state index is 0.0137. The molecule has 2 heterocycles. The molecular formula is C15H17F3N4S. The highest BCUT2D eigenvalue weighted by Gasteiger charge is 2.34. The van der Waals surface area contributed by atoms with E-state index in [4.69, 9.17) is 5.73 Å². The van der Waals surface area contributed by atoms with Gasteiger partial charge < -0.3 is 11.1 Å². The molecule has 0 saturated carbocycles. The lowest BCUT2D eigenvalue weighted by Gasteiger charge is -2.25. The topological polar surface area (TPSA) is 63.8 Å². The molecule has 1 aliphatic carbocycles. The number of aromatic nitrogens is 2. The van der Waals surface area contributed by atoms with Crippen molar-refractivity contribution >= 4 is 23.1 Å². The number of nitrogens with one attached hydrogen (secondary N) is 1. The van der Waals surface area contributed by atoms with Crippen LogP contribution in [0.1, 0.15) is 45.3 Å². The molecular weight excluding hydrogens is 325 g/mol. The largest absolute Gasteiger partial charge is 0.421 e. The second kappa shape index (κ2) is 5.67. The van der Waals surface area contributed by atoms with Gasteiger partial charge in [0.05, 0.1) is 6.04 Å². The maximum absolute atomic E-state index is 12.7. The van der Waals surface area contributed by atoms with Gasteiger partial charge in [0.15, 0.2) is 0 Å². The number of halogens is 3. The molecule has 124 valence electrons. The van der Waals surface area contributed by atoms with Crippen molar-refractivity contribution in [3.63, 3.8) is 0 Å². The molecule has 0 saturated heterocycles. The minimum Gasteiger partial charge on any atom is -0.383 e. The van der Waals surface area contributed by atoms with Crippen LogP contribution < -0.4 is 11.1 Å². The number of thiophene rings is 1. The van der Waals surface area contributed by atoms with E-state index in [1.54, 1.807) is 11.3 Å². The summed E-state index contributed by atoms with van der Waals surface area (Å²) in [4.78, 5) is 10.2. The van der Waals surface area contributed by atoms with Crippen LogP contribution in [-0.2, 0) is 12.6 Å². The van der Waals surface area contributed by atoms with Crippen molar-refractivity contribution in [3.8, 4) is 0 Å². The fourth-order valence-electron chi connectivity index (χ4n) is 2.95. The van der Waals surface area contributed by atoms with Gasteiger partial charge in [0.2, 0.25) is 5.95 Å². The Hall–Kier alpha value is -1.83. The van der Waals surface area contributed by atoms with Crippen molar-refractivity contribution in [2.24, 2.45) is 0 Å². The zero-order valence-electron chi connectivity index (χ0n) is 12.8. The summed E-state index contributed by atoms with van der Waals surface area (Å²) in [6.07, 6.45) is -0.834. The Morgan fingerprint density at radius 1 is 1.35 bits per heavy atom. The van der Waals surface area contributed by atoms with Crippen LogP contribution in [0.15, 0.2) is 6.20 Å². The van der Waals surface area contributed by atoms with Crippen molar-refractivity contribution in [3.05, 3.63) is 32.6 Å². The molecule has 0 bridgehead atoms. The van der Waals surface area contributed by atoms with E-state index in [0.717, 1.165) is 25.5 Å². The van der Waals surface area contributed by atoms with E-state index in [9.17, 15) is 13.2 Å². The number of aryl methyl sites for hydroxylation is 2. The smallest absolute Gasteiger partial charge is 0.383 e. The van der Waals surface area contributed by atoms with E-state index in [-0.39, 0.29) is 12.0 Å². The first-order valence-corrected chi connectivity index (χ1v) is 8.14. The van der Waals surface area contributed by atoms with Gasteiger partial charge >= 0.3 is 6.18 Å². The molecule has 2 aromatic heterocycles. The van der Waals surface area contributed by atoms with Gasteiger partial charge in [0.1, 0.15) is 11.4 Å². The second-order valence-electron chi connectivity index (χ2n) is 5.70. The van der Waals surface area contributed by atoms with Gasteiger partial charge in [-0.1, -0.05) is 0 Å². The fraction of sp³-hybridized carbons (Fsp3) is 0.467.